The largest absolute Gasteiger partial charge is 0.348 e. The lowest BCUT2D eigenvalue weighted by molar-refractivity contribution is -0.129. The Kier molecular flexibility index (Phi) is 5.09. The zero-order valence-corrected chi connectivity index (χ0v) is 10.4. The average molecular weight is 264 g/mol. The van der Waals surface area contributed by atoms with Gasteiger partial charge in [-0.25, -0.2) is 4.98 Å². The monoisotopic (exact) mass is 263 g/mol. The number of piperidine rings is 1. The summed E-state index contributed by atoms with van der Waals surface area (Å²) in [7, 11) is 0. The van der Waals surface area contributed by atoms with Crippen molar-refractivity contribution in [3.05, 3.63) is 18.2 Å². The van der Waals surface area contributed by atoms with E-state index in [1.54, 1.807) is 6.20 Å². The number of rotatable bonds is 2. The number of carbonyl (C=O) groups excluding carboxylic acids is 1. The summed E-state index contributed by atoms with van der Waals surface area (Å²) in [6.45, 7) is 1.56. The Morgan fingerprint density at radius 1 is 1.69 bits per heavy atom. The van der Waals surface area contributed by atoms with Crippen molar-refractivity contribution in [3.8, 4) is 0 Å². The topological polar surface area (TPSA) is 49.0 Å². The van der Waals surface area contributed by atoms with Crippen LogP contribution < -0.4 is 0 Å². The number of aromatic nitrogens is 2. The molecule has 0 radical (unpaired) electrons. The zero-order valence-electron chi connectivity index (χ0n) is 8.86. The number of alkyl halides is 1. The van der Waals surface area contributed by atoms with Crippen LogP contribution in [0.15, 0.2) is 12.4 Å². The predicted octanol–water partition coefficient (Wildman–Crippen LogP) is 1.78. The molecular formula is C10H15Cl2N3O. The van der Waals surface area contributed by atoms with Crippen molar-refractivity contribution in [2.45, 2.75) is 18.8 Å². The smallest absolute Gasteiger partial charge is 0.237 e. The first-order valence-electron chi connectivity index (χ1n) is 5.14. The van der Waals surface area contributed by atoms with E-state index >= 15 is 0 Å². The van der Waals surface area contributed by atoms with Crippen LogP contribution in [0, 0.1) is 0 Å². The second-order valence-electron chi connectivity index (χ2n) is 3.79. The van der Waals surface area contributed by atoms with Crippen LogP contribution in [0.25, 0.3) is 0 Å². The SMILES string of the molecule is Cl.O=C(CCl)N1CCCC(c2ncc[nH]2)C1. The average Bonchev–Trinajstić information content (AvgIpc) is 2.82. The molecule has 1 aliphatic heterocycles. The number of likely N-dealkylation sites (tertiary alicyclic amines) is 1. The highest BCUT2D eigenvalue weighted by atomic mass is 35.5. The molecule has 0 spiro atoms. The van der Waals surface area contributed by atoms with Gasteiger partial charge < -0.3 is 9.88 Å². The third-order valence-electron chi connectivity index (χ3n) is 2.79. The number of carbonyl (C=O) groups is 1. The van der Waals surface area contributed by atoms with E-state index in [4.69, 9.17) is 11.6 Å². The second kappa shape index (κ2) is 6.11. The van der Waals surface area contributed by atoms with Crippen molar-refractivity contribution < 1.29 is 4.79 Å². The van der Waals surface area contributed by atoms with Gasteiger partial charge in [0.15, 0.2) is 0 Å². The van der Waals surface area contributed by atoms with Crippen molar-refractivity contribution in [1.82, 2.24) is 14.9 Å². The maximum absolute atomic E-state index is 11.4. The van der Waals surface area contributed by atoms with Crippen LogP contribution in [-0.4, -0.2) is 39.7 Å². The summed E-state index contributed by atoms with van der Waals surface area (Å²) in [6.07, 6.45) is 5.67. The van der Waals surface area contributed by atoms with E-state index in [9.17, 15) is 4.79 Å². The fourth-order valence-electron chi connectivity index (χ4n) is 2.01. The van der Waals surface area contributed by atoms with Gasteiger partial charge in [0, 0.05) is 31.4 Å². The van der Waals surface area contributed by atoms with Gasteiger partial charge in [-0.3, -0.25) is 4.79 Å². The first kappa shape index (κ1) is 13.3. The maximum Gasteiger partial charge on any atom is 0.237 e. The Hall–Kier alpha value is -0.740. The Bertz CT molecular complexity index is 329. The first-order chi connectivity index (χ1) is 7.31. The fraction of sp³-hybridized carbons (Fsp3) is 0.600. The third-order valence-corrected chi connectivity index (χ3v) is 3.02. The number of hydrogen-bond donors (Lipinski definition) is 1. The maximum atomic E-state index is 11.4. The molecule has 0 bridgehead atoms. The molecule has 1 amide bonds. The quantitative estimate of drug-likeness (QED) is 0.828. The molecule has 2 rings (SSSR count). The van der Waals surface area contributed by atoms with Crippen molar-refractivity contribution in [2.24, 2.45) is 0 Å². The molecule has 90 valence electrons. The van der Waals surface area contributed by atoms with Gasteiger partial charge in [0.25, 0.3) is 0 Å². The molecule has 16 heavy (non-hydrogen) atoms. The van der Waals surface area contributed by atoms with Crippen LogP contribution in [0.2, 0.25) is 0 Å². The Balaban J connectivity index is 0.00000128. The van der Waals surface area contributed by atoms with E-state index in [0.29, 0.717) is 5.92 Å². The van der Waals surface area contributed by atoms with E-state index < -0.39 is 0 Å². The van der Waals surface area contributed by atoms with Gasteiger partial charge in [0.2, 0.25) is 5.91 Å². The van der Waals surface area contributed by atoms with Gasteiger partial charge >= 0.3 is 0 Å². The van der Waals surface area contributed by atoms with Gasteiger partial charge in [0.05, 0.1) is 0 Å². The number of nitrogens with zero attached hydrogens (tertiary/aromatic N) is 2. The number of imidazole rings is 1. The van der Waals surface area contributed by atoms with E-state index in [2.05, 4.69) is 9.97 Å². The van der Waals surface area contributed by atoms with Crippen LogP contribution in [0.1, 0.15) is 24.6 Å². The summed E-state index contributed by atoms with van der Waals surface area (Å²) in [6, 6.07) is 0. The van der Waals surface area contributed by atoms with Crippen LogP contribution in [-0.2, 0) is 4.79 Å². The summed E-state index contributed by atoms with van der Waals surface area (Å²) in [5.74, 6) is 1.40. The molecule has 2 heterocycles. The molecule has 4 nitrogen and oxygen atoms in total. The number of aromatic amines is 1. The highest BCUT2D eigenvalue weighted by Crippen LogP contribution is 2.24. The summed E-state index contributed by atoms with van der Waals surface area (Å²) >= 11 is 5.54. The highest BCUT2D eigenvalue weighted by Gasteiger charge is 2.25. The third kappa shape index (κ3) is 2.89. The predicted molar refractivity (Wildman–Crippen MR) is 65.1 cm³/mol. The minimum absolute atomic E-state index is 0. The molecule has 1 saturated heterocycles. The van der Waals surface area contributed by atoms with Crippen LogP contribution in [0.4, 0.5) is 0 Å². The molecular weight excluding hydrogens is 249 g/mol. The lowest BCUT2D eigenvalue weighted by Gasteiger charge is -2.31. The van der Waals surface area contributed by atoms with Crippen LogP contribution in [0.5, 0.6) is 0 Å². The van der Waals surface area contributed by atoms with Gasteiger partial charge in [-0.15, -0.1) is 24.0 Å². The molecule has 1 aromatic rings. The normalized spacial score (nSPS) is 20.3. The van der Waals surface area contributed by atoms with Crippen molar-refractivity contribution in [1.29, 1.82) is 0 Å². The molecule has 1 atom stereocenters. The molecule has 0 aromatic carbocycles. The van der Waals surface area contributed by atoms with Gasteiger partial charge in [-0.1, -0.05) is 0 Å². The second-order valence-corrected chi connectivity index (χ2v) is 4.05. The fourth-order valence-corrected chi connectivity index (χ4v) is 2.18. The molecule has 0 saturated carbocycles. The molecule has 1 fully saturated rings. The van der Waals surface area contributed by atoms with Crippen LogP contribution >= 0.6 is 24.0 Å². The minimum Gasteiger partial charge on any atom is -0.348 e. The minimum atomic E-state index is 0. The number of nitrogens with one attached hydrogen (secondary N) is 1. The van der Waals surface area contributed by atoms with Crippen LogP contribution in [0.3, 0.4) is 0 Å². The van der Waals surface area contributed by atoms with E-state index in [1.165, 1.54) is 0 Å². The van der Waals surface area contributed by atoms with E-state index in [1.807, 2.05) is 11.1 Å². The first-order valence-corrected chi connectivity index (χ1v) is 5.67. The van der Waals surface area contributed by atoms with Crippen molar-refractivity contribution in [3.63, 3.8) is 0 Å². The standard InChI is InChI=1S/C10H14ClN3O.ClH/c11-6-9(15)14-5-1-2-8(7-14)10-12-3-4-13-10;/h3-4,8H,1-2,5-7H2,(H,12,13);1H. The lowest BCUT2D eigenvalue weighted by Crippen LogP contribution is -2.40. The van der Waals surface area contributed by atoms with E-state index in [0.717, 1.165) is 31.8 Å². The number of halogens is 2. The summed E-state index contributed by atoms with van der Waals surface area (Å²) < 4.78 is 0. The molecule has 0 aliphatic carbocycles. The molecule has 6 heteroatoms. The van der Waals surface area contributed by atoms with E-state index in [-0.39, 0.29) is 24.2 Å². The molecule has 1 unspecified atom stereocenters. The Morgan fingerprint density at radius 3 is 3.12 bits per heavy atom. The van der Waals surface area contributed by atoms with Gasteiger partial charge in [-0.2, -0.15) is 0 Å². The zero-order chi connectivity index (χ0) is 10.7. The molecule has 1 aromatic heterocycles. The van der Waals surface area contributed by atoms with Gasteiger partial charge in [-0.05, 0) is 12.8 Å². The lowest BCUT2D eigenvalue weighted by atomic mass is 9.97. The molecule has 1 aliphatic rings. The number of hydrogen-bond acceptors (Lipinski definition) is 2. The van der Waals surface area contributed by atoms with Crippen molar-refractivity contribution >= 4 is 29.9 Å². The number of H-pyrrole nitrogens is 1. The summed E-state index contributed by atoms with van der Waals surface area (Å²) in [4.78, 5) is 20.6. The Morgan fingerprint density at radius 2 is 2.50 bits per heavy atom. The van der Waals surface area contributed by atoms with Gasteiger partial charge in [0.1, 0.15) is 11.7 Å². The highest BCUT2D eigenvalue weighted by molar-refractivity contribution is 6.27. The van der Waals surface area contributed by atoms with Crippen molar-refractivity contribution in [2.75, 3.05) is 19.0 Å². The summed E-state index contributed by atoms with van der Waals surface area (Å²) in [5.41, 5.74) is 0. The number of amides is 1. The molecule has 1 N–H and O–H groups in total. The summed E-state index contributed by atoms with van der Waals surface area (Å²) in [5, 5.41) is 0. The Labute approximate surface area is 106 Å².